The molecular weight excluding hydrogens is 274 g/mol. The Hall–Kier alpha value is -1.85. The summed E-state index contributed by atoms with van der Waals surface area (Å²) in [5.41, 5.74) is 3.77. The molecule has 22 heavy (non-hydrogen) atoms. The molecule has 2 aromatic heterocycles. The highest BCUT2D eigenvalue weighted by Gasteiger charge is 2.23. The van der Waals surface area contributed by atoms with Crippen molar-refractivity contribution in [3.8, 4) is 0 Å². The van der Waals surface area contributed by atoms with Gasteiger partial charge in [0.15, 0.2) is 0 Å². The van der Waals surface area contributed by atoms with E-state index in [9.17, 15) is 0 Å². The number of hydrogen-bond donors (Lipinski definition) is 1. The van der Waals surface area contributed by atoms with Gasteiger partial charge in [-0.05, 0) is 31.0 Å². The number of pyridine rings is 1. The van der Waals surface area contributed by atoms with Crippen LogP contribution in [-0.2, 0) is 19.5 Å². The van der Waals surface area contributed by atoms with E-state index < -0.39 is 0 Å². The molecule has 1 unspecified atom stereocenters. The van der Waals surface area contributed by atoms with Gasteiger partial charge in [-0.15, -0.1) is 0 Å². The fourth-order valence-electron chi connectivity index (χ4n) is 3.35. The SMILES string of the molecule is c1cncc(CN2CCc3nc(C4CCCN4)ncc3C2)c1. The van der Waals surface area contributed by atoms with Crippen LogP contribution in [0.2, 0.25) is 0 Å². The molecule has 2 aliphatic rings. The van der Waals surface area contributed by atoms with Crippen molar-refractivity contribution in [2.24, 2.45) is 0 Å². The first-order valence-electron chi connectivity index (χ1n) is 8.08. The van der Waals surface area contributed by atoms with Crippen LogP contribution in [-0.4, -0.2) is 32.9 Å². The minimum atomic E-state index is 0.360. The molecule has 5 heteroatoms. The van der Waals surface area contributed by atoms with Crippen LogP contribution >= 0.6 is 0 Å². The second-order valence-electron chi connectivity index (χ2n) is 6.17. The molecule has 0 amide bonds. The smallest absolute Gasteiger partial charge is 0.145 e. The van der Waals surface area contributed by atoms with Crippen LogP contribution in [0.4, 0.5) is 0 Å². The Morgan fingerprint density at radius 2 is 2.32 bits per heavy atom. The molecule has 1 fully saturated rings. The lowest BCUT2D eigenvalue weighted by molar-refractivity contribution is 0.242. The zero-order valence-electron chi connectivity index (χ0n) is 12.7. The van der Waals surface area contributed by atoms with Gasteiger partial charge in [0.2, 0.25) is 0 Å². The first-order chi connectivity index (χ1) is 10.9. The Balaban J connectivity index is 1.47. The molecular formula is C17H21N5. The van der Waals surface area contributed by atoms with Crippen molar-refractivity contribution >= 4 is 0 Å². The number of nitrogens with one attached hydrogen (secondary N) is 1. The molecule has 1 N–H and O–H groups in total. The lowest BCUT2D eigenvalue weighted by Gasteiger charge is -2.28. The number of fused-ring (bicyclic) bond motifs is 1. The van der Waals surface area contributed by atoms with E-state index in [-0.39, 0.29) is 0 Å². The highest BCUT2D eigenvalue weighted by Crippen LogP contribution is 2.23. The van der Waals surface area contributed by atoms with Crippen LogP contribution in [0.25, 0.3) is 0 Å². The van der Waals surface area contributed by atoms with Gasteiger partial charge in [0.1, 0.15) is 5.82 Å². The van der Waals surface area contributed by atoms with Crippen molar-refractivity contribution in [1.29, 1.82) is 0 Å². The Morgan fingerprint density at radius 3 is 3.14 bits per heavy atom. The Morgan fingerprint density at radius 1 is 1.32 bits per heavy atom. The molecule has 0 radical (unpaired) electrons. The Labute approximate surface area is 130 Å². The average Bonchev–Trinajstić information content (AvgIpc) is 3.10. The third-order valence-corrected chi connectivity index (χ3v) is 4.53. The maximum atomic E-state index is 4.82. The van der Waals surface area contributed by atoms with Crippen LogP contribution in [0.15, 0.2) is 30.7 Å². The average molecular weight is 295 g/mol. The van der Waals surface area contributed by atoms with E-state index in [0.717, 1.165) is 44.8 Å². The minimum absolute atomic E-state index is 0.360. The predicted octanol–water partition coefficient (Wildman–Crippen LogP) is 1.85. The van der Waals surface area contributed by atoms with Crippen LogP contribution in [0, 0.1) is 0 Å². The zero-order chi connectivity index (χ0) is 14.8. The molecule has 1 atom stereocenters. The summed E-state index contributed by atoms with van der Waals surface area (Å²) in [6.45, 7) is 4.02. The summed E-state index contributed by atoms with van der Waals surface area (Å²) in [4.78, 5) is 16.1. The lowest BCUT2D eigenvalue weighted by Crippen LogP contribution is -2.31. The van der Waals surface area contributed by atoms with Gasteiger partial charge in [0.25, 0.3) is 0 Å². The number of aromatic nitrogens is 3. The summed E-state index contributed by atoms with van der Waals surface area (Å²) >= 11 is 0. The molecule has 114 valence electrons. The zero-order valence-corrected chi connectivity index (χ0v) is 12.7. The van der Waals surface area contributed by atoms with E-state index in [4.69, 9.17) is 4.98 Å². The summed E-state index contributed by atoms with van der Waals surface area (Å²) in [6, 6.07) is 4.49. The summed E-state index contributed by atoms with van der Waals surface area (Å²) < 4.78 is 0. The molecule has 5 nitrogen and oxygen atoms in total. The molecule has 4 heterocycles. The van der Waals surface area contributed by atoms with Gasteiger partial charge in [0.05, 0.1) is 6.04 Å². The van der Waals surface area contributed by atoms with Gasteiger partial charge in [-0.25, -0.2) is 9.97 Å². The summed E-state index contributed by atoms with van der Waals surface area (Å²) in [5.74, 6) is 0.983. The largest absolute Gasteiger partial charge is 0.307 e. The quantitative estimate of drug-likeness (QED) is 0.936. The van der Waals surface area contributed by atoms with Gasteiger partial charge in [0, 0.05) is 55.9 Å². The predicted molar refractivity (Wildman–Crippen MR) is 84.1 cm³/mol. The van der Waals surface area contributed by atoms with E-state index in [2.05, 4.69) is 26.3 Å². The molecule has 0 saturated carbocycles. The van der Waals surface area contributed by atoms with Crippen LogP contribution in [0.3, 0.4) is 0 Å². The topological polar surface area (TPSA) is 53.9 Å². The molecule has 0 bridgehead atoms. The molecule has 2 aliphatic heterocycles. The van der Waals surface area contributed by atoms with Crippen molar-refractivity contribution in [2.45, 2.75) is 38.4 Å². The molecule has 1 saturated heterocycles. The number of hydrogen-bond acceptors (Lipinski definition) is 5. The van der Waals surface area contributed by atoms with Gasteiger partial charge in [-0.3, -0.25) is 9.88 Å². The van der Waals surface area contributed by atoms with Crippen molar-refractivity contribution in [2.75, 3.05) is 13.1 Å². The second-order valence-corrected chi connectivity index (χ2v) is 6.17. The fraction of sp³-hybridized carbons (Fsp3) is 0.471. The van der Waals surface area contributed by atoms with Crippen LogP contribution in [0.5, 0.6) is 0 Å². The van der Waals surface area contributed by atoms with Gasteiger partial charge < -0.3 is 5.32 Å². The first kappa shape index (κ1) is 13.8. The summed E-state index contributed by atoms with van der Waals surface area (Å²) in [6.07, 6.45) is 9.20. The van der Waals surface area contributed by atoms with E-state index in [0.29, 0.717) is 6.04 Å². The Bertz CT molecular complexity index is 637. The van der Waals surface area contributed by atoms with Gasteiger partial charge >= 0.3 is 0 Å². The molecule has 0 aromatic carbocycles. The van der Waals surface area contributed by atoms with Crippen molar-refractivity contribution in [1.82, 2.24) is 25.2 Å². The number of rotatable bonds is 3. The van der Waals surface area contributed by atoms with E-state index in [1.165, 1.54) is 23.2 Å². The Kier molecular flexibility index (Phi) is 3.83. The van der Waals surface area contributed by atoms with Crippen LogP contribution < -0.4 is 5.32 Å². The minimum Gasteiger partial charge on any atom is -0.307 e. The highest BCUT2D eigenvalue weighted by molar-refractivity contribution is 5.22. The van der Waals surface area contributed by atoms with Crippen molar-refractivity contribution in [3.05, 3.63) is 53.4 Å². The summed E-state index contributed by atoms with van der Waals surface area (Å²) in [7, 11) is 0. The normalized spacial score (nSPS) is 21.7. The van der Waals surface area contributed by atoms with E-state index >= 15 is 0 Å². The summed E-state index contributed by atoms with van der Waals surface area (Å²) in [5, 5.41) is 3.48. The second kappa shape index (κ2) is 6.10. The maximum Gasteiger partial charge on any atom is 0.145 e. The maximum absolute atomic E-state index is 4.82. The number of nitrogens with zero attached hydrogens (tertiary/aromatic N) is 4. The molecule has 0 spiro atoms. The van der Waals surface area contributed by atoms with Crippen molar-refractivity contribution in [3.63, 3.8) is 0 Å². The molecule has 4 rings (SSSR count). The lowest BCUT2D eigenvalue weighted by atomic mass is 10.1. The first-order valence-corrected chi connectivity index (χ1v) is 8.08. The monoisotopic (exact) mass is 295 g/mol. The standard InChI is InChI=1S/C17H21N5/c1-3-13(9-18-6-1)11-22-8-5-15-14(12-22)10-20-17(21-15)16-4-2-7-19-16/h1,3,6,9-10,16,19H,2,4-5,7-8,11-12H2. The fourth-order valence-corrected chi connectivity index (χ4v) is 3.35. The van der Waals surface area contributed by atoms with E-state index in [1.807, 2.05) is 24.7 Å². The van der Waals surface area contributed by atoms with Crippen molar-refractivity contribution < 1.29 is 0 Å². The molecule has 2 aromatic rings. The van der Waals surface area contributed by atoms with Crippen LogP contribution in [0.1, 0.15) is 41.5 Å². The van der Waals surface area contributed by atoms with E-state index in [1.54, 1.807) is 0 Å². The molecule has 0 aliphatic carbocycles. The highest BCUT2D eigenvalue weighted by atomic mass is 15.1. The third kappa shape index (κ3) is 2.87. The third-order valence-electron chi connectivity index (χ3n) is 4.53. The van der Waals surface area contributed by atoms with Gasteiger partial charge in [-0.1, -0.05) is 6.07 Å². The van der Waals surface area contributed by atoms with Gasteiger partial charge in [-0.2, -0.15) is 0 Å².